The molecular formula is C21H20ClN3O2. The Balaban J connectivity index is 1.82. The molecule has 1 aromatic carbocycles. The van der Waals surface area contributed by atoms with E-state index in [-0.39, 0.29) is 17.9 Å². The molecule has 0 fully saturated rings. The van der Waals surface area contributed by atoms with Gasteiger partial charge in [-0.05, 0) is 43.0 Å². The number of rotatable bonds is 4. The molecule has 3 heterocycles. The minimum atomic E-state index is -0.245. The van der Waals surface area contributed by atoms with E-state index in [4.69, 9.17) is 16.3 Å². The Morgan fingerprint density at radius 3 is 2.85 bits per heavy atom. The van der Waals surface area contributed by atoms with Crippen molar-refractivity contribution < 1.29 is 9.53 Å². The molecule has 0 aliphatic carbocycles. The normalized spacial score (nSPS) is 13.8. The van der Waals surface area contributed by atoms with Crippen molar-refractivity contribution in [1.82, 2.24) is 14.5 Å². The van der Waals surface area contributed by atoms with E-state index >= 15 is 0 Å². The van der Waals surface area contributed by atoms with Crippen LogP contribution in [0.5, 0.6) is 0 Å². The van der Waals surface area contributed by atoms with Gasteiger partial charge in [-0.3, -0.25) is 4.79 Å². The number of aromatic nitrogens is 3. The standard InChI is InChI=1S/C21H20ClN3O2/c1-12(21(26)27-3)13(2)25-7-6-14-4-5-15(8-19(14)25)18-11-24-20-17(18)9-16(22)10-23-20/h4-13H,1-3H3,(H,23,24)/t12-,13-/m1/s1. The number of pyridine rings is 1. The van der Waals surface area contributed by atoms with Crippen LogP contribution in [0.2, 0.25) is 5.02 Å². The first-order valence-electron chi connectivity index (χ1n) is 8.81. The van der Waals surface area contributed by atoms with Crippen LogP contribution < -0.4 is 0 Å². The molecule has 27 heavy (non-hydrogen) atoms. The zero-order valence-corrected chi connectivity index (χ0v) is 16.1. The number of halogens is 1. The summed E-state index contributed by atoms with van der Waals surface area (Å²) in [5.41, 5.74) is 3.98. The molecule has 0 bridgehead atoms. The van der Waals surface area contributed by atoms with Crippen LogP contribution in [-0.4, -0.2) is 27.6 Å². The van der Waals surface area contributed by atoms with Crippen LogP contribution in [0.25, 0.3) is 33.1 Å². The number of benzene rings is 1. The molecule has 0 aliphatic rings. The van der Waals surface area contributed by atoms with Crippen molar-refractivity contribution in [3.05, 3.63) is 53.9 Å². The van der Waals surface area contributed by atoms with Crippen LogP contribution in [0.15, 0.2) is 48.9 Å². The van der Waals surface area contributed by atoms with Gasteiger partial charge < -0.3 is 14.3 Å². The number of H-pyrrole nitrogens is 1. The van der Waals surface area contributed by atoms with Gasteiger partial charge in [-0.15, -0.1) is 0 Å². The molecule has 0 amide bonds. The summed E-state index contributed by atoms with van der Waals surface area (Å²) in [6.07, 6.45) is 5.60. The predicted octanol–water partition coefficient (Wildman–Crippen LogP) is 5.21. The summed E-state index contributed by atoms with van der Waals surface area (Å²) in [6.45, 7) is 3.92. The van der Waals surface area contributed by atoms with E-state index < -0.39 is 0 Å². The number of hydrogen-bond acceptors (Lipinski definition) is 3. The number of hydrogen-bond donors (Lipinski definition) is 1. The molecule has 3 aromatic heterocycles. The molecule has 4 aromatic rings. The molecule has 0 unspecified atom stereocenters. The fraction of sp³-hybridized carbons (Fsp3) is 0.238. The van der Waals surface area contributed by atoms with Gasteiger partial charge in [0.25, 0.3) is 0 Å². The van der Waals surface area contributed by atoms with E-state index in [0.29, 0.717) is 5.02 Å². The van der Waals surface area contributed by atoms with Crippen molar-refractivity contribution in [2.24, 2.45) is 5.92 Å². The molecule has 138 valence electrons. The predicted molar refractivity (Wildman–Crippen MR) is 108 cm³/mol. The van der Waals surface area contributed by atoms with Crippen molar-refractivity contribution in [3.63, 3.8) is 0 Å². The van der Waals surface area contributed by atoms with Gasteiger partial charge in [-0.25, -0.2) is 4.98 Å². The molecule has 4 rings (SSSR count). The van der Waals surface area contributed by atoms with Crippen molar-refractivity contribution in [3.8, 4) is 11.1 Å². The number of carbonyl (C=O) groups is 1. The van der Waals surface area contributed by atoms with Gasteiger partial charge in [-0.1, -0.05) is 23.7 Å². The second-order valence-corrected chi connectivity index (χ2v) is 7.24. The third-order valence-electron chi connectivity index (χ3n) is 5.27. The summed E-state index contributed by atoms with van der Waals surface area (Å²) in [6, 6.07) is 10.3. The zero-order chi connectivity index (χ0) is 19.1. The lowest BCUT2D eigenvalue weighted by Gasteiger charge is -2.21. The van der Waals surface area contributed by atoms with Crippen molar-refractivity contribution in [1.29, 1.82) is 0 Å². The minimum Gasteiger partial charge on any atom is -0.469 e. The lowest BCUT2D eigenvalue weighted by molar-refractivity contribution is -0.146. The average molecular weight is 382 g/mol. The highest BCUT2D eigenvalue weighted by Gasteiger charge is 2.23. The highest BCUT2D eigenvalue weighted by Crippen LogP contribution is 2.33. The second kappa shape index (κ2) is 6.74. The average Bonchev–Trinajstić information content (AvgIpc) is 3.29. The van der Waals surface area contributed by atoms with Crippen LogP contribution in [0.3, 0.4) is 0 Å². The van der Waals surface area contributed by atoms with Crippen LogP contribution in [0, 0.1) is 5.92 Å². The molecule has 1 N–H and O–H groups in total. The van der Waals surface area contributed by atoms with E-state index in [9.17, 15) is 4.79 Å². The number of nitrogens with one attached hydrogen (secondary N) is 1. The fourth-order valence-electron chi connectivity index (χ4n) is 3.51. The smallest absolute Gasteiger partial charge is 0.310 e. The van der Waals surface area contributed by atoms with Gasteiger partial charge in [0, 0.05) is 41.1 Å². The lowest BCUT2D eigenvalue weighted by Crippen LogP contribution is -2.22. The maximum Gasteiger partial charge on any atom is 0.310 e. The molecule has 0 spiro atoms. The molecule has 2 atom stereocenters. The minimum absolute atomic E-state index is 0.0238. The topological polar surface area (TPSA) is 59.9 Å². The van der Waals surface area contributed by atoms with E-state index in [0.717, 1.165) is 33.1 Å². The number of aromatic amines is 1. The lowest BCUT2D eigenvalue weighted by atomic mass is 10.0. The first-order valence-corrected chi connectivity index (χ1v) is 9.19. The first-order chi connectivity index (χ1) is 13.0. The third-order valence-corrected chi connectivity index (χ3v) is 5.47. The second-order valence-electron chi connectivity index (χ2n) is 6.80. The Labute approximate surface area is 161 Å². The maximum absolute atomic E-state index is 12.0. The summed E-state index contributed by atoms with van der Waals surface area (Å²) in [4.78, 5) is 19.5. The molecule has 6 heteroatoms. The zero-order valence-electron chi connectivity index (χ0n) is 15.4. The number of ether oxygens (including phenoxy) is 1. The van der Waals surface area contributed by atoms with Crippen molar-refractivity contribution >= 4 is 39.5 Å². The summed E-state index contributed by atoms with van der Waals surface area (Å²) in [5.74, 6) is -0.455. The largest absolute Gasteiger partial charge is 0.469 e. The monoisotopic (exact) mass is 381 g/mol. The molecule has 0 radical (unpaired) electrons. The molecular weight excluding hydrogens is 362 g/mol. The quantitative estimate of drug-likeness (QED) is 0.494. The van der Waals surface area contributed by atoms with Gasteiger partial charge in [0.15, 0.2) is 0 Å². The number of carbonyl (C=O) groups excluding carboxylic acids is 1. The van der Waals surface area contributed by atoms with Gasteiger partial charge in [0.1, 0.15) is 5.65 Å². The number of esters is 1. The highest BCUT2D eigenvalue weighted by molar-refractivity contribution is 6.31. The summed E-state index contributed by atoms with van der Waals surface area (Å²) in [5, 5.41) is 2.71. The fourth-order valence-corrected chi connectivity index (χ4v) is 3.67. The Morgan fingerprint density at radius 1 is 1.26 bits per heavy atom. The molecule has 5 nitrogen and oxygen atoms in total. The molecule has 0 saturated carbocycles. The summed E-state index contributed by atoms with van der Waals surface area (Å²) < 4.78 is 7.03. The van der Waals surface area contributed by atoms with E-state index in [1.54, 1.807) is 6.20 Å². The molecule has 0 saturated heterocycles. The first kappa shape index (κ1) is 17.6. The van der Waals surface area contributed by atoms with E-state index in [2.05, 4.69) is 38.8 Å². The van der Waals surface area contributed by atoms with Gasteiger partial charge in [0.2, 0.25) is 0 Å². The van der Waals surface area contributed by atoms with Crippen LogP contribution in [0.4, 0.5) is 0 Å². The van der Waals surface area contributed by atoms with Crippen molar-refractivity contribution in [2.75, 3.05) is 7.11 Å². The Kier molecular flexibility index (Phi) is 4.40. The Morgan fingerprint density at radius 2 is 2.07 bits per heavy atom. The summed E-state index contributed by atoms with van der Waals surface area (Å²) >= 11 is 6.13. The SMILES string of the molecule is COC(=O)[C@H](C)[C@@H](C)n1ccc2ccc(-c3c[nH]c4ncc(Cl)cc34)cc21. The van der Waals surface area contributed by atoms with Crippen LogP contribution in [-0.2, 0) is 9.53 Å². The molecule has 0 aliphatic heterocycles. The Hall–Kier alpha value is -2.79. The van der Waals surface area contributed by atoms with Crippen LogP contribution >= 0.6 is 11.6 Å². The maximum atomic E-state index is 12.0. The Bertz CT molecular complexity index is 1140. The van der Waals surface area contributed by atoms with E-state index in [1.807, 2.05) is 32.3 Å². The third kappa shape index (κ3) is 2.98. The van der Waals surface area contributed by atoms with Gasteiger partial charge in [-0.2, -0.15) is 0 Å². The highest BCUT2D eigenvalue weighted by atomic mass is 35.5. The van der Waals surface area contributed by atoms with Gasteiger partial charge in [0.05, 0.1) is 18.1 Å². The van der Waals surface area contributed by atoms with E-state index in [1.165, 1.54) is 7.11 Å². The number of fused-ring (bicyclic) bond motifs is 2. The van der Waals surface area contributed by atoms with Crippen molar-refractivity contribution in [2.45, 2.75) is 19.9 Å². The number of methoxy groups -OCH3 is 1. The summed E-state index contributed by atoms with van der Waals surface area (Å²) in [7, 11) is 1.42. The van der Waals surface area contributed by atoms with Crippen LogP contribution in [0.1, 0.15) is 19.9 Å². The number of nitrogens with zero attached hydrogens (tertiary/aromatic N) is 2. The van der Waals surface area contributed by atoms with Gasteiger partial charge >= 0.3 is 5.97 Å².